The van der Waals surface area contributed by atoms with E-state index in [1.54, 1.807) is 12.1 Å². The van der Waals surface area contributed by atoms with Crippen molar-refractivity contribution in [3.05, 3.63) is 42.5 Å². The smallest absolute Gasteiger partial charge is 0.294 e. The Morgan fingerprint density at radius 1 is 1.00 bits per heavy atom. The minimum atomic E-state index is -4.09. The van der Waals surface area contributed by atoms with E-state index in [0.717, 1.165) is 17.2 Å². The van der Waals surface area contributed by atoms with Crippen molar-refractivity contribution in [2.45, 2.75) is 38.0 Å². The summed E-state index contributed by atoms with van der Waals surface area (Å²) in [5.41, 5.74) is -1.12. The molecule has 158 valence electrons. The molecule has 0 aliphatic heterocycles. The third kappa shape index (κ3) is 4.09. The predicted molar refractivity (Wildman–Crippen MR) is 109 cm³/mol. The van der Waals surface area contributed by atoms with Gasteiger partial charge in [-0.15, -0.1) is 0 Å². The van der Waals surface area contributed by atoms with Crippen molar-refractivity contribution in [3.8, 4) is 0 Å². The first-order valence-electron chi connectivity index (χ1n) is 9.21. The van der Waals surface area contributed by atoms with Crippen molar-refractivity contribution in [2.75, 3.05) is 5.75 Å². The monoisotopic (exact) mass is 440 g/mol. The molecule has 4 rings (SSSR count). The van der Waals surface area contributed by atoms with E-state index in [-0.39, 0.29) is 22.0 Å². The molecule has 2 saturated carbocycles. The molecule has 2 bridgehead atoms. The van der Waals surface area contributed by atoms with Crippen molar-refractivity contribution in [1.82, 2.24) is 0 Å². The first-order valence-corrected chi connectivity index (χ1v) is 12.3. The summed E-state index contributed by atoms with van der Waals surface area (Å²) in [6.45, 7) is 3.89. The fourth-order valence-electron chi connectivity index (χ4n) is 4.75. The van der Waals surface area contributed by atoms with Crippen LogP contribution in [0.5, 0.6) is 0 Å². The highest BCUT2D eigenvalue weighted by Gasteiger charge is 2.65. The standard InChI is InChI=1S/C10H16O4S.C10H8O3S/c1-9(2)7-3-4-10(9,8(11)5-7)6-15(12,13)14;11-14(12,13)10-6-5-8-3-1-2-4-9(8)7-10/h7H,3-6H2,1-2H3,(H,12,13,14);1-7H,(H,11,12,13). The van der Waals surface area contributed by atoms with Gasteiger partial charge in [-0.1, -0.05) is 44.2 Å². The Kier molecular flexibility index (Phi) is 5.40. The highest BCUT2D eigenvalue weighted by molar-refractivity contribution is 7.86. The maximum Gasteiger partial charge on any atom is 0.294 e. The van der Waals surface area contributed by atoms with Crippen LogP contribution in [0.1, 0.15) is 33.1 Å². The molecule has 0 spiro atoms. The van der Waals surface area contributed by atoms with Crippen molar-refractivity contribution in [1.29, 1.82) is 0 Å². The van der Waals surface area contributed by atoms with E-state index in [0.29, 0.717) is 12.8 Å². The van der Waals surface area contributed by atoms with Crippen LogP contribution in [0.15, 0.2) is 47.4 Å². The number of ketones is 1. The van der Waals surface area contributed by atoms with Gasteiger partial charge in [-0.3, -0.25) is 13.9 Å². The van der Waals surface area contributed by atoms with Crippen LogP contribution in [0.3, 0.4) is 0 Å². The minimum absolute atomic E-state index is 0.0152. The SMILES string of the molecule is CC1(C)C2CCC1(CS(=O)(=O)O)C(=O)C2.O=S(=O)(O)c1ccc2ccccc2c1. The lowest BCUT2D eigenvalue weighted by molar-refractivity contribution is -0.128. The zero-order valence-corrected chi connectivity index (χ0v) is 17.8. The molecule has 2 atom stereocenters. The van der Waals surface area contributed by atoms with Crippen molar-refractivity contribution < 1.29 is 30.7 Å². The number of rotatable bonds is 3. The lowest BCUT2D eigenvalue weighted by Gasteiger charge is -2.35. The third-order valence-corrected chi connectivity index (χ3v) is 8.29. The van der Waals surface area contributed by atoms with E-state index in [4.69, 9.17) is 9.11 Å². The van der Waals surface area contributed by atoms with Gasteiger partial charge in [0.15, 0.2) is 0 Å². The second-order valence-corrected chi connectivity index (χ2v) is 11.3. The van der Waals surface area contributed by atoms with E-state index in [1.807, 2.05) is 32.0 Å². The maximum absolute atomic E-state index is 11.9. The molecule has 0 heterocycles. The molecule has 0 amide bonds. The number of hydrogen-bond acceptors (Lipinski definition) is 5. The Hall–Kier alpha value is -1.81. The van der Waals surface area contributed by atoms with E-state index in [9.17, 15) is 21.6 Å². The lowest BCUT2D eigenvalue weighted by Crippen LogP contribution is -2.42. The summed E-state index contributed by atoms with van der Waals surface area (Å²) in [6.07, 6.45) is 1.97. The molecule has 2 aliphatic rings. The van der Waals surface area contributed by atoms with Gasteiger partial charge >= 0.3 is 0 Å². The van der Waals surface area contributed by atoms with Crippen LogP contribution >= 0.6 is 0 Å². The highest BCUT2D eigenvalue weighted by Crippen LogP contribution is 2.64. The van der Waals surface area contributed by atoms with E-state index in [2.05, 4.69) is 0 Å². The number of Topliss-reactive ketones (excluding diaryl/α,β-unsaturated/α-hetero) is 1. The summed E-state index contributed by atoms with van der Waals surface area (Å²) in [7, 11) is -8.17. The van der Waals surface area contributed by atoms with Crippen LogP contribution in [-0.4, -0.2) is 37.5 Å². The van der Waals surface area contributed by atoms with Crippen LogP contribution in [0.4, 0.5) is 0 Å². The fourth-order valence-corrected chi connectivity index (χ4v) is 6.56. The maximum atomic E-state index is 11.9. The Bertz CT molecular complexity index is 1170. The molecule has 0 aromatic heterocycles. The average molecular weight is 441 g/mol. The molecule has 29 heavy (non-hydrogen) atoms. The Morgan fingerprint density at radius 3 is 2.10 bits per heavy atom. The van der Waals surface area contributed by atoms with Crippen LogP contribution in [0.2, 0.25) is 0 Å². The van der Waals surface area contributed by atoms with Gasteiger partial charge in [-0.25, -0.2) is 0 Å². The molecule has 0 radical (unpaired) electrons. The van der Waals surface area contributed by atoms with E-state index >= 15 is 0 Å². The Labute approximate surface area is 170 Å². The van der Waals surface area contributed by atoms with Gasteiger partial charge in [0, 0.05) is 6.42 Å². The molecular weight excluding hydrogens is 416 g/mol. The fraction of sp³-hybridized carbons (Fsp3) is 0.450. The number of carbonyl (C=O) groups is 1. The van der Waals surface area contributed by atoms with Gasteiger partial charge in [0.1, 0.15) is 5.78 Å². The summed E-state index contributed by atoms with van der Waals surface area (Å²) in [5.74, 6) is -0.101. The molecule has 2 aromatic rings. The molecule has 7 nitrogen and oxygen atoms in total. The minimum Gasteiger partial charge on any atom is -0.299 e. The second-order valence-electron chi connectivity index (χ2n) is 8.38. The van der Waals surface area contributed by atoms with Crippen LogP contribution in [0.25, 0.3) is 10.8 Å². The van der Waals surface area contributed by atoms with Crippen LogP contribution in [0, 0.1) is 16.7 Å². The van der Waals surface area contributed by atoms with Crippen molar-refractivity contribution in [2.24, 2.45) is 16.7 Å². The molecular formula is C20H24O7S2. The summed E-state index contributed by atoms with van der Waals surface area (Å²) < 4.78 is 61.5. The first-order chi connectivity index (χ1) is 13.3. The number of carbonyl (C=O) groups excluding carboxylic acids is 1. The van der Waals surface area contributed by atoms with Gasteiger partial charge < -0.3 is 0 Å². The normalized spacial score (nSPS) is 25.7. The Morgan fingerprint density at radius 2 is 1.62 bits per heavy atom. The molecule has 9 heteroatoms. The van der Waals surface area contributed by atoms with Crippen molar-refractivity contribution >= 4 is 36.8 Å². The number of fused-ring (bicyclic) bond motifs is 3. The summed E-state index contributed by atoms with van der Waals surface area (Å²) in [5, 5.41) is 1.74. The van der Waals surface area contributed by atoms with Crippen molar-refractivity contribution in [3.63, 3.8) is 0 Å². The third-order valence-electron chi connectivity index (χ3n) is 6.59. The largest absolute Gasteiger partial charge is 0.299 e. The lowest BCUT2D eigenvalue weighted by atomic mass is 9.70. The molecule has 2 N–H and O–H groups in total. The van der Waals surface area contributed by atoms with Gasteiger partial charge in [-0.2, -0.15) is 16.8 Å². The zero-order valence-electron chi connectivity index (χ0n) is 16.2. The van der Waals surface area contributed by atoms with Gasteiger partial charge in [0.25, 0.3) is 20.2 Å². The Balaban J connectivity index is 0.000000166. The highest BCUT2D eigenvalue weighted by atomic mass is 32.2. The topological polar surface area (TPSA) is 126 Å². The molecule has 2 fully saturated rings. The predicted octanol–water partition coefficient (Wildman–Crippen LogP) is 3.36. The van der Waals surface area contributed by atoms with Gasteiger partial charge in [0.2, 0.25) is 0 Å². The summed E-state index contributed by atoms with van der Waals surface area (Å²) in [4.78, 5) is 11.8. The van der Waals surface area contributed by atoms with E-state index < -0.39 is 31.4 Å². The average Bonchev–Trinajstić information content (AvgIpc) is 2.94. The second kappa shape index (κ2) is 7.16. The van der Waals surface area contributed by atoms with Gasteiger partial charge in [-0.05, 0) is 47.1 Å². The quantitative estimate of drug-likeness (QED) is 0.701. The molecule has 2 aliphatic carbocycles. The first kappa shape index (κ1) is 21.9. The van der Waals surface area contributed by atoms with Crippen LogP contribution in [-0.2, 0) is 25.0 Å². The summed E-state index contributed by atoms with van der Waals surface area (Å²) in [6, 6.07) is 11.9. The number of benzene rings is 2. The van der Waals surface area contributed by atoms with Gasteiger partial charge in [0.05, 0.1) is 16.1 Å². The molecule has 0 saturated heterocycles. The van der Waals surface area contributed by atoms with Crippen LogP contribution < -0.4 is 0 Å². The zero-order chi connectivity index (χ0) is 21.7. The molecule has 2 aromatic carbocycles. The number of hydrogen-bond donors (Lipinski definition) is 2. The molecule has 2 unspecified atom stereocenters. The summed E-state index contributed by atoms with van der Waals surface area (Å²) >= 11 is 0. The van der Waals surface area contributed by atoms with E-state index in [1.165, 1.54) is 12.1 Å².